The zero-order valence-corrected chi connectivity index (χ0v) is 19.1. The van der Waals surface area contributed by atoms with Crippen LogP contribution in [0.4, 0.5) is 10.2 Å². The molecule has 0 amide bonds. The van der Waals surface area contributed by atoms with E-state index in [1.807, 2.05) is 11.8 Å². The Hall–Kier alpha value is -2.61. The Bertz CT molecular complexity index is 1300. The van der Waals surface area contributed by atoms with Crippen molar-refractivity contribution in [2.45, 2.75) is 19.4 Å². The van der Waals surface area contributed by atoms with Crippen LogP contribution < -0.4 is 9.64 Å². The number of H-pyrrole nitrogens is 1. The Morgan fingerprint density at radius 3 is 2.47 bits per heavy atom. The van der Waals surface area contributed by atoms with Crippen LogP contribution in [0.25, 0.3) is 22.2 Å². The molecule has 164 valence electrons. The molecule has 6 nitrogen and oxygen atoms in total. The van der Waals surface area contributed by atoms with Gasteiger partial charge in [0.1, 0.15) is 17.5 Å². The van der Waals surface area contributed by atoms with Crippen LogP contribution in [0.2, 0.25) is 15.1 Å². The molecular weight excluding hydrogens is 476 g/mol. The second-order valence-electron chi connectivity index (χ2n) is 7.55. The lowest BCUT2D eigenvalue weighted by Gasteiger charge is -2.32. The third-order valence-corrected chi connectivity index (χ3v) is 6.36. The van der Waals surface area contributed by atoms with Gasteiger partial charge in [0.15, 0.2) is 11.6 Å². The largest absolute Gasteiger partial charge is 0.484 e. The second kappa shape index (κ2) is 8.39. The number of nitrogens with zero attached hydrogens (tertiary/aromatic N) is 4. The number of nitrogens with one attached hydrogen (secondary N) is 1. The fourth-order valence-electron chi connectivity index (χ4n) is 3.71. The fourth-order valence-corrected chi connectivity index (χ4v) is 4.59. The van der Waals surface area contributed by atoms with Gasteiger partial charge in [-0.3, -0.25) is 10.1 Å². The van der Waals surface area contributed by atoms with Gasteiger partial charge in [-0.25, -0.2) is 9.37 Å². The predicted octanol–water partition coefficient (Wildman–Crippen LogP) is 6.47. The van der Waals surface area contributed by atoms with E-state index in [2.05, 4.69) is 20.2 Å². The first-order chi connectivity index (χ1) is 15.4. The van der Waals surface area contributed by atoms with E-state index in [1.165, 1.54) is 18.5 Å². The van der Waals surface area contributed by atoms with E-state index >= 15 is 0 Å². The van der Waals surface area contributed by atoms with Crippen molar-refractivity contribution in [3.05, 3.63) is 63.2 Å². The minimum Gasteiger partial charge on any atom is -0.484 e. The highest BCUT2D eigenvalue weighted by Gasteiger charge is 2.22. The van der Waals surface area contributed by atoms with Crippen molar-refractivity contribution in [1.82, 2.24) is 20.2 Å². The molecule has 32 heavy (non-hydrogen) atoms. The van der Waals surface area contributed by atoms with Gasteiger partial charge in [0.25, 0.3) is 0 Å². The summed E-state index contributed by atoms with van der Waals surface area (Å²) in [5.74, 6) is 0.412. The fraction of sp³-hybridized carbons (Fsp3) is 0.227. The molecule has 1 aromatic carbocycles. The maximum Gasteiger partial charge on any atom is 0.166 e. The molecule has 1 fully saturated rings. The van der Waals surface area contributed by atoms with Crippen molar-refractivity contribution in [2.75, 3.05) is 18.0 Å². The maximum absolute atomic E-state index is 14.7. The molecule has 0 bridgehead atoms. The standard InChI is InChI=1S/C22H17Cl3FN5O/c1-11(20-15(24)9-27-10-16(20)25)32-19-6-13-18(7-14(19)23)29-30-21(13)12-5-17(26)22(28-8-12)31-3-2-4-31/h5-11H,2-4H2,1H3,(H,29,30). The molecule has 1 aliphatic rings. The van der Waals surface area contributed by atoms with Gasteiger partial charge in [0.05, 0.1) is 20.6 Å². The topological polar surface area (TPSA) is 66.9 Å². The molecule has 4 aromatic rings. The lowest BCUT2D eigenvalue weighted by molar-refractivity contribution is 0.227. The number of fused-ring (bicyclic) bond motifs is 1. The van der Waals surface area contributed by atoms with Crippen molar-refractivity contribution in [1.29, 1.82) is 0 Å². The van der Waals surface area contributed by atoms with Crippen molar-refractivity contribution in [3.63, 3.8) is 0 Å². The smallest absolute Gasteiger partial charge is 0.166 e. The Morgan fingerprint density at radius 2 is 1.81 bits per heavy atom. The van der Waals surface area contributed by atoms with Crippen LogP contribution in [-0.4, -0.2) is 33.3 Å². The number of pyridine rings is 2. The molecule has 1 atom stereocenters. The molecule has 1 saturated heterocycles. The van der Waals surface area contributed by atoms with Crippen LogP contribution in [0.5, 0.6) is 5.75 Å². The summed E-state index contributed by atoms with van der Waals surface area (Å²) in [5, 5.41) is 9.20. The first kappa shape index (κ1) is 21.2. The summed E-state index contributed by atoms with van der Waals surface area (Å²) < 4.78 is 20.8. The zero-order valence-electron chi connectivity index (χ0n) is 16.9. The average Bonchev–Trinajstić information content (AvgIpc) is 3.11. The van der Waals surface area contributed by atoms with Crippen LogP contribution >= 0.6 is 34.8 Å². The average molecular weight is 493 g/mol. The van der Waals surface area contributed by atoms with E-state index in [0.29, 0.717) is 49.0 Å². The molecule has 10 heteroatoms. The summed E-state index contributed by atoms with van der Waals surface area (Å²) >= 11 is 19.0. The van der Waals surface area contributed by atoms with Crippen molar-refractivity contribution in [3.8, 4) is 17.0 Å². The second-order valence-corrected chi connectivity index (χ2v) is 8.77. The van der Waals surface area contributed by atoms with Gasteiger partial charge in [0, 0.05) is 48.2 Å². The van der Waals surface area contributed by atoms with Crippen LogP contribution in [0.3, 0.4) is 0 Å². The molecule has 1 aliphatic heterocycles. The first-order valence-corrected chi connectivity index (χ1v) is 11.1. The summed E-state index contributed by atoms with van der Waals surface area (Å²) in [6.07, 6.45) is 5.20. The highest BCUT2D eigenvalue weighted by molar-refractivity contribution is 6.36. The Balaban J connectivity index is 1.51. The zero-order chi connectivity index (χ0) is 22.4. The van der Waals surface area contributed by atoms with Crippen LogP contribution in [0.15, 0.2) is 36.8 Å². The van der Waals surface area contributed by atoms with Crippen LogP contribution in [0, 0.1) is 5.82 Å². The minimum atomic E-state index is -0.488. The van der Waals surface area contributed by atoms with E-state index in [9.17, 15) is 4.39 Å². The Morgan fingerprint density at radius 1 is 1.06 bits per heavy atom. The predicted molar refractivity (Wildman–Crippen MR) is 124 cm³/mol. The monoisotopic (exact) mass is 491 g/mol. The lowest BCUT2D eigenvalue weighted by atomic mass is 10.1. The number of aromatic amines is 1. The SMILES string of the molecule is CC(Oc1cc2c(-c3cnc(N4CCC4)c(F)c3)n[nH]c2cc1Cl)c1c(Cl)cncc1Cl. The molecule has 0 saturated carbocycles. The quantitative estimate of drug-likeness (QED) is 0.346. The lowest BCUT2D eigenvalue weighted by Crippen LogP contribution is -2.38. The third kappa shape index (κ3) is 3.74. The van der Waals surface area contributed by atoms with Gasteiger partial charge >= 0.3 is 0 Å². The van der Waals surface area contributed by atoms with Gasteiger partial charge in [-0.15, -0.1) is 0 Å². The Labute approximate surface area is 198 Å². The van der Waals surface area contributed by atoms with Gasteiger partial charge in [-0.05, 0) is 31.5 Å². The minimum absolute atomic E-state index is 0.367. The molecule has 0 spiro atoms. The number of aromatic nitrogens is 4. The Kier molecular flexibility index (Phi) is 5.57. The molecular formula is C22H17Cl3FN5O. The van der Waals surface area contributed by atoms with Gasteiger partial charge in [-0.2, -0.15) is 5.10 Å². The van der Waals surface area contributed by atoms with E-state index in [1.54, 1.807) is 18.3 Å². The summed E-state index contributed by atoms with van der Waals surface area (Å²) in [6.45, 7) is 3.45. The number of ether oxygens (including phenoxy) is 1. The van der Waals surface area contributed by atoms with E-state index in [4.69, 9.17) is 39.5 Å². The van der Waals surface area contributed by atoms with E-state index in [-0.39, 0.29) is 5.82 Å². The van der Waals surface area contributed by atoms with Gasteiger partial charge in [-0.1, -0.05) is 34.8 Å². The summed E-state index contributed by atoms with van der Waals surface area (Å²) in [7, 11) is 0. The molecule has 1 unspecified atom stereocenters. The molecule has 3 aromatic heterocycles. The number of hydrogen-bond donors (Lipinski definition) is 1. The molecule has 0 radical (unpaired) electrons. The van der Waals surface area contributed by atoms with Crippen molar-refractivity contribution >= 4 is 51.5 Å². The molecule has 4 heterocycles. The number of hydrogen-bond acceptors (Lipinski definition) is 5. The van der Waals surface area contributed by atoms with E-state index < -0.39 is 6.10 Å². The third-order valence-electron chi connectivity index (χ3n) is 5.47. The van der Waals surface area contributed by atoms with Gasteiger partial charge in [0.2, 0.25) is 0 Å². The normalized spacial score (nSPS) is 14.5. The summed E-state index contributed by atoms with van der Waals surface area (Å²) in [4.78, 5) is 10.2. The van der Waals surface area contributed by atoms with Crippen molar-refractivity contribution in [2.24, 2.45) is 0 Å². The highest BCUT2D eigenvalue weighted by Crippen LogP contribution is 2.39. The van der Waals surface area contributed by atoms with Crippen LogP contribution in [-0.2, 0) is 0 Å². The van der Waals surface area contributed by atoms with E-state index in [0.717, 1.165) is 24.9 Å². The van der Waals surface area contributed by atoms with Gasteiger partial charge < -0.3 is 9.64 Å². The number of anilines is 1. The highest BCUT2D eigenvalue weighted by atomic mass is 35.5. The molecule has 1 N–H and O–H groups in total. The van der Waals surface area contributed by atoms with Crippen LogP contribution in [0.1, 0.15) is 25.0 Å². The summed E-state index contributed by atoms with van der Waals surface area (Å²) in [5.41, 5.74) is 2.41. The maximum atomic E-state index is 14.7. The number of halogens is 4. The molecule has 5 rings (SSSR count). The number of rotatable bonds is 5. The summed E-state index contributed by atoms with van der Waals surface area (Å²) in [6, 6.07) is 4.92. The molecule has 0 aliphatic carbocycles. The number of benzene rings is 1. The first-order valence-electron chi connectivity index (χ1n) is 9.96. The van der Waals surface area contributed by atoms with Crippen molar-refractivity contribution < 1.29 is 9.13 Å².